The molecule has 1 heterocycles. The predicted molar refractivity (Wildman–Crippen MR) is 69.3 cm³/mol. The molecule has 0 radical (unpaired) electrons. The Kier molecular flexibility index (Phi) is 3.91. The number of piperidine rings is 1. The second-order valence-corrected chi connectivity index (χ2v) is 6.29. The molecule has 2 aliphatic rings. The summed E-state index contributed by atoms with van der Waals surface area (Å²) in [6.07, 6.45) is 5.58. The Balaban J connectivity index is 1.89. The number of likely N-dealkylation sites (tertiary alicyclic amines) is 1. The molecule has 2 heteroatoms. The predicted octanol–water partition coefficient (Wildman–Crippen LogP) is 2.48. The van der Waals surface area contributed by atoms with Crippen LogP contribution in [0.25, 0.3) is 0 Å². The van der Waals surface area contributed by atoms with E-state index in [-0.39, 0.29) is 0 Å². The maximum absolute atomic E-state index is 5.95. The van der Waals surface area contributed by atoms with E-state index < -0.39 is 0 Å². The Hall–Kier alpha value is -0.0800. The standard InChI is InChI=1S/C14H28N2/c1-10(2)12-7-13(8-12)16-6-4-5-11(3)14(16)9-15/h10-14H,4-9,15H2,1-3H3. The lowest BCUT2D eigenvalue weighted by Gasteiger charge is -2.51. The first-order valence-electron chi connectivity index (χ1n) is 7.09. The molecule has 0 aromatic rings. The van der Waals surface area contributed by atoms with Crippen LogP contribution in [0.5, 0.6) is 0 Å². The molecule has 0 aromatic carbocycles. The van der Waals surface area contributed by atoms with Crippen molar-refractivity contribution in [2.45, 2.75) is 58.5 Å². The quantitative estimate of drug-likeness (QED) is 0.798. The number of rotatable bonds is 3. The van der Waals surface area contributed by atoms with Gasteiger partial charge in [-0.3, -0.25) is 4.90 Å². The molecule has 94 valence electrons. The van der Waals surface area contributed by atoms with Gasteiger partial charge in [0.05, 0.1) is 0 Å². The van der Waals surface area contributed by atoms with Gasteiger partial charge in [0.15, 0.2) is 0 Å². The van der Waals surface area contributed by atoms with E-state index in [1.165, 1.54) is 32.2 Å². The molecular formula is C14H28N2. The highest BCUT2D eigenvalue weighted by atomic mass is 15.2. The van der Waals surface area contributed by atoms with Crippen molar-refractivity contribution in [1.29, 1.82) is 0 Å². The van der Waals surface area contributed by atoms with Crippen molar-refractivity contribution in [3.63, 3.8) is 0 Å². The van der Waals surface area contributed by atoms with Gasteiger partial charge in [-0.15, -0.1) is 0 Å². The number of hydrogen-bond acceptors (Lipinski definition) is 2. The minimum atomic E-state index is 0.659. The summed E-state index contributed by atoms with van der Waals surface area (Å²) >= 11 is 0. The minimum Gasteiger partial charge on any atom is -0.329 e. The van der Waals surface area contributed by atoms with Crippen molar-refractivity contribution in [3.8, 4) is 0 Å². The highest BCUT2D eigenvalue weighted by Crippen LogP contribution is 2.39. The van der Waals surface area contributed by atoms with Gasteiger partial charge in [-0.1, -0.05) is 20.8 Å². The van der Waals surface area contributed by atoms with Gasteiger partial charge in [-0.2, -0.15) is 0 Å². The fourth-order valence-electron chi connectivity index (χ4n) is 3.55. The molecule has 2 fully saturated rings. The molecule has 16 heavy (non-hydrogen) atoms. The van der Waals surface area contributed by atoms with E-state index in [4.69, 9.17) is 5.73 Å². The fraction of sp³-hybridized carbons (Fsp3) is 1.00. The second kappa shape index (κ2) is 5.05. The molecule has 2 rings (SSSR count). The number of nitrogens with two attached hydrogens (primary N) is 1. The molecule has 2 unspecified atom stereocenters. The van der Waals surface area contributed by atoms with E-state index in [9.17, 15) is 0 Å². The molecule has 1 saturated heterocycles. The first-order chi connectivity index (χ1) is 7.63. The Labute approximate surface area is 101 Å². The Morgan fingerprint density at radius 3 is 2.56 bits per heavy atom. The first kappa shape index (κ1) is 12.4. The zero-order valence-electron chi connectivity index (χ0n) is 11.2. The molecule has 0 spiro atoms. The van der Waals surface area contributed by atoms with Gasteiger partial charge < -0.3 is 5.73 Å². The maximum atomic E-state index is 5.95. The summed E-state index contributed by atoms with van der Waals surface area (Å²) in [6, 6.07) is 1.51. The normalized spacial score (nSPS) is 41.1. The van der Waals surface area contributed by atoms with E-state index in [1.54, 1.807) is 0 Å². The van der Waals surface area contributed by atoms with Crippen molar-refractivity contribution in [1.82, 2.24) is 4.90 Å². The number of nitrogens with zero attached hydrogens (tertiary/aromatic N) is 1. The molecule has 2 atom stereocenters. The van der Waals surface area contributed by atoms with Gasteiger partial charge in [-0.25, -0.2) is 0 Å². The Morgan fingerprint density at radius 1 is 1.31 bits per heavy atom. The van der Waals surface area contributed by atoms with Gasteiger partial charge in [0, 0.05) is 18.6 Å². The van der Waals surface area contributed by atoms with Crippen molar-refractivity contribution in [2.75, 3.05) is 13.1 Å². The van der Waals surface area contributed by atoms with Crippen LogP contribution in [0.4, 0.5) is 0 Å². The average molecular weight is 224 g/mol. The lowest BCUT2D eigenvalue weighted by molar-refractivity contribution is -0.00988. The van der Waals surface area contributed by atoms with Crippen LogP contribution >= 0.6 is 0 Å². The Morgan fingerprint density at radius 2 is 2.00 bits per heavy atom. The molecule has 2 nitrogen and oxygen atoms in total. The molecule has 0 aromatic heterocycles. The third kappa shape index (κ3) is 2.28. The van der Waals surface area contributed by atoms with E-state index in [1.807, 2.05) is 0 Å². The lowest BCUT2D eigenvalue weighted by Crippen LogP contribution is -2.57. The smallest absolute Gasteiger partial charge is 0.0246 e. The number of hydrogen-bond donors (Lipinski definition) is 1. The van der Waals surface area contributed by atoms with Crippen LogP contribution in [0.3, 0.4) is 0 Å². The molecule has 1 aliphatic carbocycles. The summed E-state index contributed by atoms with van der Waals surface area (Å²) in [5.74, 6) is 2.65. The van der Waals surface area contributed by atoms with Crippen LogP contribution in [0, 0.1) is 17.8 Å². The molecule has 2 N–H and O–H groups in total. The monoisotopic (exact) mass is 224 g/mol. The van der Waals surface area contributed by atoms with Crippen molar-refractivity contribution in [2.24, 2.45) is 23.5 Å². The summed E-state index contributed by atoms with van der Waals surface area (Å²) in [5, 5.41) is 0. The van der Waals surface area contributed by atoms with Crippen LogP contribution in [-0.4, -0.2) is 30.1 Å². The molecule has 0 bridgehead atoms. The van der Waals surface area contributed by atoms with Gasteiger partial charge in [0.25, 0.3) is 0 Å². The zero-order chi connectivity index (χ0) is 11.7. The van der Waals surface area contributed by atoms with Gasteiger partial charge in [-0.05, 0) is 50.0 Å². The van der Waals surface area contributed by atoms with Gasteiger partial charge in [0.2, 0.25) is 0 Å². The summed E-state index contributed by atoms with van der Waals surface area (Å²) in [7, 11) is 0. The first-order valence-corrected chi connectivity index (χ1v) is 7.09. The third-order valence-electron chi connectivity index (χ3n) is 4.96. The maximum Gasteiger partial charge on any atom is 0.0246 e. The average Bonchev–Trinajstić information content (AvgIpc) is 2.15. The lowest BCUT2D eigenvalue weighted by atomic mass is 9.71. The Bertz CT molecular complexity index is 221. The molecule has 0 amide bonds. The van der Waals surface area contributed by atoms with Crippen LogP contribution < -0.4 is 5.73 Å². The molecule has 1 saturated carbocycles. The van der Waals surface area contributed by atoms with Crippen LogP contribution in [0.15, 0.2) is 0 Å². The SMILES string of the molecule is CC(C)C1CC(N2CCCC(C)C2CN)C1. The topological polar surface area (TPSA) is 29.3 Å². The van der Waals surface area contributed by atoms with Crippen molar-refractivity contribution >= 4 is 0 Å². The van der Waals surface area contributed by atoms with Crippen molar-refractivity contribution < 1.29 is 0 Å². The summed E-state index contributed by atoms with van der Waals surface area (Å²) < 4.78 is 0. The van der Waals surface area contributed by atoms with Crippen LogP contribution in [-0.2, 0) is 0 Å². The van der Waals surface area contributed by atoms with E-state index in [2.05, 4.69) is 25.7 Å². The summed E-state index contributed by atoms with van der Waals surface area (Å²) in [4.78, 5) is 2.73. The fourth-order valence-corrected chi connectivity index (χ4v) is 3.55. The highest BCUT2D eigenvalue weighted by Gasteiger charge is 2.40. The van der Waals surface area contributed by atoms with E-state index >= 15 is 0 Å². The van der Waals surface area contributed by atoms with Crippen LogP contribution in [0.2, 0.25) is 0 Å². The summed E-state index contributed by atoms with van der Waals surface area (Å²) in [6.45, 7) is 9.24. The van der Waals surface area contributed by atoms with E-state index in [0.717, 1.165) is 30.3 Å². The zero-order valence-corrected chi connectivity index (χ0v) is 11.2. The highest BCUT2D eigenvalue weighted by molar-refractivity contribution is 4.94. The van der Waals surface area contributed by atoms with Crippen LogP contribution in [0.1, 0.15) is 46.5 Å². The second-order valence-electron chi connectivity index (χ2n) is 6.29. The summed E-state index contributed by atoms with van der Waals surface area (Å²) in [5.41, 5.74) is 5.95. The van der Waals surface area contributed by atoms with Gasteiger partial charge in [0.1, 0.15) is 0 Å². The molecule has 1 aliphatic heterocycles. The molecular weight excluding hydrogens is 196 g/mol. The van der Waals surface area contributed by atoms with Crippen molar-refractivity contribution in [3.05, 3.63) is 0 Å². The largest absolute Gasteiger partial charge is 0.329 e. The van der Waals surface area contributed by atoms with E-state index in [0.29, 0.717) is 6.04 Å². The minimum absolute atomic E-state index is 0.659. The third-order valence-corrected chi connectivity index (χ3v) is 4.96. The van der Waals surface area contributed by atoms with Gasteiger partial charge >= 0.3 is 0 Å².